The molecule has 0 atom stereocenters. The summed E-state index contributed by atoms with van der Waals surface area (Å²) < 4.78 is 15.4. The minimum atomic E-state index is -3.24. The van der Waals surface area contributed by atoms with Crippen molar-refractivity contribution in [2.45, 2.75) is 0 Å². The molecular weight excluding hydrogens is 531 g/mol. The fraction of sp³-hybridized carbons (Fsp3) is 0. The molecular formula is C38H25N2OP. The quantitative estimate of drug-likeness (QED) is 0.162. The van der Waals surface area contributed by atoms with Gasteiger partial charge in [0.25, 0.3) is 0 Å². The van der Waals surface area contributed by atoms with E-state index in [-0.39, 0.29) is 0 Å². The molecule has 0 aliphatic heterocycles. The van der Waals surface area contributed by atoms with Crippen molar-refractivity contribution in [1.29, 1.82) is 0 Å². The van der Waals surface area contributed by atoms with Crippen molar-refractivity contribution >= 4 is 66.3 Å². The Balaban J connectivity index is 1.47. The Morgan fingerprint density at radius 2 is 1.02 bits per heavy atom. The number of rotatable bonds is 4. The number of benzene rings is 6. The van der Waals surface area contributed by atoms with Crippen molar-refractivity contribution in [3.8, 4) is 11.4 Å². The summed E-state index contributed by atoms with van der Waals surface area (Å²) in [5, 5.41) is 9.87. The Labute approximate surface area is 243 Å². The van der Waals surface area contributed by atoms with Crippen molar-refractivity contribution in [3.63, 3.8) is 0 Å². The Hall–Kier alpha value is -5.11. The maximum atomic E-state index is 15.4. The number of nitrogens with zero attached hydrogens (tertiary/aromatic N) is 2. The summed E-state index contributed by atoms with van der Waals surface area (Å²) in [5.41, 5.74) is 2.53. The minimum Gasteiger partial charge on any atom is -0.309 e. The molecule has 0 radical (unpaired) electrons. The number of pyridine rings is 2. The zero-order valence-corrected chi connectivity index (χ0v) is 23.6. The summed E-state index contributed by atoms with van der Waals surface area (Å²) in [5.74, 6) is 0. The van der Waals surface area contributed by atoms with Crippen molar-refractivity contribution in [3.05, 3.63) is 152 Å². The average Bonchev–Trinajstić information content (AvgIpc) is 3.07. The van der Waals surface area contributed by atoms with E-state index < -0.39 is 7.14 Å². The smallest absolute Gasteiger partial charge is 0.173 e. The molecule has 6 aromatic carbocycles. The van der Waals surface area contributed by atoms with Crippen LogP contribution in [0.3, 0.4) is 0 Å². The number of hydrogen-bond donors (Lipinski definition) is 0. The van der Waals surface area contributed by atoms with Crippen LogP contribution in [0.4, 0.5) is 0 Å². The van der Waals surface area contributed by atoms with E-state index in [1.165, 1.54) is 16.2 Å². The predicted molar refractivity (Wildman–Crippen MR) is 177 cm³/mol. The molecule has 4 heteroatoms. The van der Waals surface area contributed by atoms with Gasteiger partial charge in [-0.2, -0.15) is 0 Å². The van der Waals surface area contributed by atoms with Gasteiger partial charge in [0.15, 0.2) is 7.14 Å². The Kier molecular flexibility index (Phi) is 5.73. The van der Waals surface area contributed by atoms with Crippen LogP contribution in [0.15, 0.2) is 152 Å². The highest BCUT2D eigenvalue weighted by Crippen LogP contribution is 2.45. The van der Waals surface area contributed by atoms with Crippen LogP contribution in [0.5, 0.6) is 0 Å². The van der Waals surface area contributed by atoms with Gasteiger partial charge in [-0.1, -0.05) is 140 Å². The molecule has 0 N–H and O–H groups in total. The van der Waals surface area contributed by atoms with Gasteiger partial charge in [0.1, 0.15) is 0 Å². The molecule has 0 aliphatic carbocycles. The van der Waals surface area contributed by atoms with Crippen LogP contribution >= 0.6 is 7.14 Å². The molecule has 42 heavy (non-hydrogen) atoms. The number of para-hydroxylation sites is 1. The van der Waals surface area contributed by atoms with E-state index in [2.05, 4.69) is 66.7 Å². The molecule has 0 saturated carbocycles. The van der Waals surface area contributed by atoms with E-state index in [9.17, 15) is 0 Å². The molecule has 8 rings (SSSR count). The van der Waals surface area contributed by atoms with Crippen molar-refractivity contribution < 1.29 is 4.57 Å². The Bertz CT molecular complexity index is 2270. The standard InChI is InChI=1S/C38H25N2OP/c41-42(27-14-3-1-4-15-27,28-16-5-2-6-17-28)35-25-39-37(31-20-10-9-19-30(31)35)38-33-24-23-26-13-7-8-18-29(26)36(33)32-21-11-12-22-34(32)40-38/h1-25H. The molecule has 0 unspecified atom stereocenters. The zero-order valence-electron chi connectivity index (χ0n) is 22.7. The van der Waals surface area contributed by atoms with Crippen molar-refractivity contribution in [1.82, 2.24) is 9.97 Å². The highest BCUT2D eigenvalue weighted by atomic mass is 31.2. The maximum absolute atomic E-state index is 15.4. The van der Waals surface area contributed by atoms with Gasteiger partial charge < -0.3 is 4.57 Å². The first-order valence-electron chi connectivity index (χ1n) is 14.0. The summed E-state index contributed by atoms with van der Waals surface area (Å²) >= 11 is 0. The SMILES string of the molecule is O=P(c1ccccc1)(c1ccccc1)c1cnc(-c2nc3ccccc3c3c2ccc2ccccc23)c2ccccc12. The average molecular weight is 557 g/mol. The third-order valence-electron chi connectivity index (χ3n) is 8.17. The minimum absolute atomic E-state index is 0.731. The molecule has 0 bridgehead atoms. The second-order valence-electron chi connectivity index (χ2n) is 10.5. The van der Waals surface area contributed by atoms with Crippen LogP contribution in [0.2, 0.25) is 0 Å². The topological polar surface area (TPSA) is 42.9 Å². The summed E-state index contributed by atoms with van der Waals surface area (Å²) in [6.45, 7) is 0. The van der Waals surface area contributed by atoms with Gasteiger partial charge in [-0.05, 0) is 22.2 Å². The van der Waals surface area contributed by atoms with Crippen LogP contribution in [-0.4, -0.2) is 9.97 Å². The normalized spacial score (nSPS) is 11.9. The second-order valence-corrected chi connectivity index (χ2v) is 13.2. The lowest BCUT2D eigenvalue weighted by Crippen LogP contribution is -2.26. The number of aromatic nitrogens is 2. The second kappa shape index (κ2) is 9.76. The van der Waals surface area contributed by atoms with Crippen LogP contribution in [-0.2, 0) is 4.57 Å². The monoisotopic (exact) mass is 556 g/mol. The highest BCUT2D eigenvalue weighted by Gasteiger charge is 2.32. The van der Waals surface area contributed by atoms with E-state index >= 15 is 4.57 Å². The fourth-order valence-corrected chi connectivity index (χ4v) is 9.02. The predicted octanol–water partition coefficient (Wildman–Crippen LogP) is 8.40. The van der Waals surface area contributed by atoms with Crippen LogP contribution in [0.25, 0.3) is 54.6 Å². The molecule has 2 aromatic heterocycles. The Morgan fingerprint density at radius 3 is 1.74 bits per heavy atom. The van der Waals surface area contributed by atoms with Gasteiger partial charge in [0.05, 0.1) is 16.9 Å². The van der Waals surface area contributed by atoms with E-state index in [0.717, 1.165) is 54.4 Å². The number of hydrogen-bond acceptors (Lipinski definition) is 3. The number of fused-ring (bicyclic) bond motifs is 6. The van der Waals surface area contributed by atoms with Crippen molar-refractivity contribution in [2.75, 3.05) is 0 Å². The first-order chi connectivity index (χ1) is 20.7. The Morgan fingerprint density at radius 1 is 0.452 bits per heavy atom. The largest absolute Gasteiger partial charge is 0.309 e. The van der Waals surface area contributed by atoms with Crippen molar-refractivity contribution in [2.24, 2.45) is 0 Å². The molecule has 2 heterocycles. The third-order valence-corrected chi connectivity index (χ3v) is 11.3. The van der Waals surface area contributed by atoms with E-state index in [1.54, 1.807) is 0 Å². The summed E-state index contributed by atoms with van der Waals surface area (Å²) in [6, 6.07) is 48.8. The van der Waals surface area contributed by atoms with Crippen LogP contribution in [0, 0.1) is 0 Å². The molecule has 0 spiro atoms. The van der Waals surface area contributed by atoms with Gasteiger partial charge >= 0.3 is 0 Å². The summed E-state index contributed by atoms with van der Waals surface area (Å²) in [7, 11) is -3.24. The maximum Gasteiger partial charge on any atom is 0.173 e. The molecule has 8 aromatic rings. The molecule has 198 valence electrons. The highest BCUT2D eigenvalue weighted by molar-refractivity contribution is 7.85. The third kappa shape index (κ3) is 3.71. The lowest BCUT2D eigenvalue weighted by molar-refractivity contribution is 0.592. The molecule has 0 amide bonds. The first-order valence-corrected chi connectivity index (χ1v) is 15.7. The van der Waals surface area contributed by atoms with E-state index in [4.69, 9.17) is 9.97 Å². The van der Waals surface area contributed by atoms with Gasteiger partial charge in [-0.15, -0.1) is 0 Å². The zero-order chi connectivity index (χ0) is 28.1. The lowest BCUT2D eigenvalue weighted by atomic mass is 9.95. The summed E-state index contributed by atoms with van der Waals surface area (Å²) in [6.07, 6.45) is 1.82. The van der Waals surface area contributed by atoms with E-state index in [0.29, 0.717) is 0 Å². The van der Waals surface area contributed by atoms with Gasteiger partial charge in [-0.3, -0.25) is 4.98 Å². The van der Waals surface area contributed by atoms with Gasteiger partial charge in [0, 0.05) is 43.7 Å². The molecule has 3 nitrogen and oxygen atoms in total. The fourth-order valence-electron chi connectivity index (χ4n) is 6.22. The van der Waals surface area contributed by atoms with Gasteiger partial charge in [0.2, 0.25) is 0 Å². The molecule has 0 fully saturated rings. The lowest BCUT2D eigenvalue weighted by Gasteiger charge is -2.22. The summed E-state index contributed by atoms with van der Waals surface area (Å²) in [4.78, 5) is 10.3. The molecule has 0 saturated heterocycles. The van der Waals surface area contributed by atoms with Crippen LogP contribution < -0.4 is 15.9 Å². The van der Waals surface area contributed by atoms with E-state index in [1.807, 2.05) is 85.1 Å². The first kappa shape index (κ1) is 24.7. The van der Waals surface area contributed by atoms with Crippen LogP contribution in [0.1, 0.15) is 0 Å². The molecule has 0 aliphatic rings. The van der Waals surface area contributed by atoms with Gasteiger partial charge in [-0.25, -0.2) is 4.98 Å².